The molecule has 3 nitrogen and oxygen atoms in total. The van der Waals surface area contributed by atoms with E-state index >= 15 is 0 Å². The molecule has 0 amide bonds. The second kappa shape index (κ2) is 7.05. The SMILES string of the molecule is C=CCCCCSc1nsnc1C1CN2CCCC1C2. The molecule has 2 fully saturated rings. The molecule has 1 aromatic heterocycles. The Morgan fingerprint density at radius 3 is 3.15 bits per heavy atom. The molecule has 2 aliphatic rings. The average Bonchev–Trinajstić information content (AvgIpc) is 3.03. The Kier molecular flexibility index (Phi) is 5.13. The van der Waals surface area contributed by atoms with Gasteiger partial charge in [-0.2, -0.15) is 8.75 Å². The molecule has 3 heterocycles. The zero-order valence-electron chi connectivity index (χ0n) is 12.0. The van der Waals surface area contributed by atoms with E-state index < -0.39 is 0 Å². The number of piperidine rings is 1. The van der Waals surface area contributed by atoms with Gasteiger partial charge in [0.25, 0.3) is 0 Å². The third-order valence-electron chi connectivity index (χ3n) is 4.44. The smallest absolute Gasteiger partial charge is 0.134 e. The van der Waals surface area contributed by atoms with Crippen LogP contribution in [0.2, 0.25) is 0 Å². The first kappa shape index (κ1) is 14.5. The van der Waals surface area contributed by atoms with Crippen LogP contribution in [-0.2, 0) is 0 Å². The predicted molar refractivity (Wildman–Crippen MR) is 86.6 cm³/mol. The first-order valence-corrected chi connectivity index (χ1v) is 9.38. The Morgan fingerprint density at radius 2 is 2.30 bits per heavy atom. The van der Waals surface area contributed by atoms with Gasteiger partial charge in [-0.05, 0) is 50.3 Å². The third kappa shape index (κ3) is 3.26. The van der Waals surface area contributed by atoms with E-state index in [2.05, 4.69) is 20.2 Å². The lowest BCUT2D eigenvalue weighted by Gasteiger charge is -2.21. The lowest BCUT2D eigenvalue weighted by molar-refractivity contribution is 0.269. The molecule has 0 aromatic carbocycles. The van der Waals surface area contributed by atoms with E-state index in [1.165, 1.54) is 67.8 Å². The quantitative estimate of drug-likeness (QED) is 0.435. The van der Waals surface area contributed by atoms with Gasteiger partial charge in [-0.1, -0.05) is 6.08 Å². The summed E-state index contributed by atoms with van der Waals surface area (Å²) in [5, 5.41) is 1.22. The largest absolute Gasteiger partial charge is 0.302 e. The second-order valence-corrected chi connectivity index (χ2v) is 7.47. The van der Waals surface area contributed by atoms with Gasteiger partial charge in [-0.3, -0.25) is 0 Å². The molecule has 2 aliphatic heterocycles. The molecule has 0 saturated carbocycles. The molecule has 3 rings (SSSR count). The number of rotatable bonds is 7. The molecule has 1 aromatic rings. The van der Waals surface area contributed by atoms with Gasteiger partial charge in [0.2, 0.25) is 0 Å². The number of hydrogen-bond donors (Lipinski definition) is 0. The van der Waals surface area contributed by atoms with Crippen LogP contribution in [0.1, 0.15) is 43.7 Å². The normalized spacial score (nSPS) is 28.7. The lowest BCUT2D eigenvalue weighted by Crippen LogP contribution is -2.25. The van der Waals surface area contributed by atoms with E-state index in [-0.39, 0.29) is 0 Å². The first-order chi connectivity index (χ1) is 9.88. The maximum atomic E-state index is 4.64. The molecule has 20 heavy (non-hydrogen) atoms. The Balaban J connectivity index is 1.57. The molecule has 2 bridgehead atoms. The monoisotopic (exact) mass is 309 g/mol. The summed E-state index contributed by atoms with van der Waals surface area (Å²) in [4.78, 5) is 2.61. The van der Waals surface area contributed by atoms with Crippen LogP contribution in [0.4, 0.5) is 0 Å². The standard InChI is InChI=1S/C15H23N3S2/c1-2-3-4-5-9-19-15-14(16-20-17-15)13-11-18-8-6-7-12(13)10-18/h2,12-13H,1,3-11H2. The van der Waals surface area contributed by atoms with E-state index in [0.717, 1.165) is 18.1 Å². The van der Waals surface area contributed by atoms with Crippen molar-refractivity contribution in [2.24, 2.45) is 5.92 Å². The number of hydrogen-bond acceptors (Lipinski definition) is 5. The van der Waals surface area contributed by atoms with Gasteiger partial charge in [0.1, 0.15) is 5.03 Å². The molecule has 3 unspecified atom stereocenters. The Morgan fingerprint density at radius 1 is 1.35 bits per heavy atom. The van der Waals surface area contributed by atoms with Crippen molar-refractivity contribution in [3.63, 3.8) is 0 Å². The van der Waals surface area contributed by atoms with Crippen LogP contribution >= 0.6 is 23.5 Å². The van der Waals surface area contributed by atoms with Crippen molar-refractivity contribution in [1.82, 2.24) is 13.6 Å². The molecule has 0 aliphatic carbocycles. The molecule has 2 saturated heterocycles. The molecule has 5 heteroatoms. The van der Waals surface area contributed by atoms with Crippen molar-refractivity contribution in [2.45, 2.75) is 43.0 Å². The lowest BCUT2D eigenvalue weighted by atomic mass is 9.89. The Bertz CT molecular complexity index is 446. The number of unbranched alkanes of at least 4 members (excludes halogenated alkanes) is 2. The molecule has 0 spiro atoms. The van der Waals surface area contributed by atoms with Gasteiger partial charge in [-0.15, -0.1) is 18.3 Å². The number of aromatic nitrogens is 2. The fraction of sp³-hybridized carbons (Fsp3) is 0.733. The fourth-order valence-corrected chi connectivity index (χ4v) is 5.17. The third-order valence-corrected chi connectivity index (χ3v) is 6.17. The van der Waals surface area contributed by atoms with E-state index in [1.54, 1.807) is 0 Å². The van der Waals surface area contributed by atoms with Gasteiger partial charge < -0.3 is 4.90 Å². The highest BCUT2D eigenvalue weighted by Gasteiger charge is 2.38. The zero-order chi connectivity index (χ0) is 13.8. The van der Waals surface area contributed by atoms with Crippen LogP contribution in [0.25, 0.3) is 0 Å². The van der Waals surface area contributed by atoms with Crippen molar-refractivity contribution in [3.05, 3.63) is 18.3 Å². The van der Waals surface area contributed by atoms with Gasteiger partial charge >= 0.3 is 0 Å². The van der Waals surface area contributed by atoms with Gasteiger partial charge in [0.05, 0.1) is 17.4 Å². The molecule has 0 N–H and O–H groups in total. The number of nitrogens with zero attached hydrogens (tertiary/aromatic N) is 3. The van der Waals surface area contributed by atoms with Crippen molar-refractivity contribution < 1.29 is 0 Å². The zero-order valence-corrected chi connectivity index (χ0v) is 13.6. The molecule has 0 radical (unpaired) electrons. The van der Waals surface area contributed by atoms with Gasteiger partial charge in [0, 0.05) is 19.0 Å². The van der Waals surface area contributed by atoms with Crippen molar-refractivity contribution in [2.75, 3.05) is 25.4 Å². The minimum Gasteiger partial charge on any atom is -0.302 e. The minimum atomic E-state index is 0.645. The Labute approximate surface area is 130 Å². The van der Waals surface area contributed by atoms with E-state index in [9.17, 15) is 0 Å². The highest BCUT2D eigenvalue weighted by molar-refractivity contribution is 7.99. The summed E-state index contributed by atoms with van der Waals surface area (Å²) in [7, 11) is 0. The summed E-state index contributed by atoms with van der Waals surface area (Å²) in [5.74, 6) is 2.63. The number of fused-ring (bicyclic) bond motifs is 2. The average molecular weight is 310 g/mol. The summed E-state index contributed by atoms with van der Waals surface area (Å²) < 4.78 is 9.19. The minimum absolute atomic E-state index is 0.645. The molecule has 3 atom stereocenters. The van der Waals surface area contributed by atoms with Crippen molar-refractivity contribution in [1.29, 1.82) is 0 Å². The van der Waals surface area contributed by atoms with Crippen LogP contribution in [0.5, 0.6) is 0 Å². The van der Waals surface area contributed by atoms with E-state index in [4.69, 9.17) is 0 Å². The predicted octanol–water partition coefficient (Wildman–Crippen LogP) is 3.80. The second-order valence-electron chi connectivity index (χ2n) is 5.86. The topological polar surface area (TPSA) is 29.0 Å². The van der Waals surface area contributed by atoms with Gasteiger partial charge in [0.15, 0.2) is 0 Å². The van der Waals surface area contributed by atoms with E-state index in [0.29, 0.717) is 5.92 Å². The van der Waals surface area contributed by atoms with Gasteiger partial charge in [-0.25, -0.2) is 0 Å². The highest BCUT2D eigenvalue weighted by atomic mass is 32.2. The summed E-state index contributed by atoms with van der Waals surface area (Å²) in [6.07, 6.45) is 8.36. The maximum Gasteiger partial charge on any atom is 0.134 e. The number of thioether (sulfide) groups is 1. The Hall–Kier alpha value is -0.390. The summed E-state index contributed by atoms with van der Waals surface area (Å²) in [6, 6.07) is 0. The first-order valence-electron chi connectivity index (χ1n) is 7.67. The van der Waals surface area contributed by atoms with Crippen LogP contribution in [0.3, 0.4) is 0 Å². The van der Waals surface area contributed by atoms with Crippen LogP contribution in [0, 0.1) is 5.92 Å². The van der Waals surface area contributed by atoms with E-state index in [1.807, 2.05) is 17.8 Å². The van der Waals surface area contributed by atoms with Crippen LogP contribution in [-0.4, -0.2) is 39.0 Å². The summed E-state index contributed by atoms with van der Waals surface area (Å²) in [6.45, 7) is 7.55. The van der Waals surface area contributed by atoms with Crippen LogP contribution in [0.15, 0.2) is 17.7 Å². The molecule has 110 valence electrons. The molecular formula is C15H23N3S2. The van der Waals surface area contributed by atoms with Crippen LogP contribution < -0.4 is 0 Å². The summed E-state index contributed by atoms with van der Waals surface area (Å²) >= 11 is 3.31. The number of allylic oxidation sites excluding steroid dienone is 1. The highest BCUT2D eigenvalue weighted by Crippen LogP contribution is 2.41. The molecular weight excluding hydrogens is 286 g/mol. The summed E-state index contributed by atoms with van der Waals surface area (Å²) in [5.41, 5.74) is 1.30. The van der Waals surface area contributed by atoms with Crippen molar-refractivity contribution >= 4 is 23.5 Å². The fourth-order valence-electron chi connectivity index (χ4n) is 3.40. The maximum absolute atomic E-state index is 4.64. The van der Waals surface area contributed by atoms with Crippen molar-refractivity contribution in [3.8, 4) is 0 Å².